The van der Waals surface area contributed by atoms with Gasteiger partial charge in [0.15, 0.2) is 0 Å². The Hall–Kier alpha value is 0.0800. The minimum Gasteiger partial charge on any atom is -0.351 e. The molecule has 18 heavy (non-hydrogen) atoms. The summed E-state index contributed by atoms with van der Waals surface area (Å²) < 4.78 is 2.27. The van der Waals surface area contributed by atoms with Crippen molar-refractivity contribution >= 4 is 28.8 Å². The van der Waals surface area contributed by atoms with Crippen molar-refractivity contribution in [1.82, 2.24) is 18.2 Å². The lowest BCUT2D eigenvalue weighted by Gasteiger charge is -2.33. The first-order chi connectivity index (χ1) is 8.63. The maximum atomic E-state index is 12.0. The highest BCUT2D eigenvalue weighted by molar-refractivity contribution is 14.1. The molecule has 0 aromatic heterocycles. The van der Waals surface area contributed by atoms with Crippen LogP contribution in [0.15, 0.2) is 0 Å². The number of rotatable bonds is 3. The number of hydrogen-bond acceptors (Lipinski definition) is 4. The zero-order valence-electron chi connectivity index (χ0n) is 11.1. The first kappa shape index (κ1) is 14.5. The van der Waals surface area contributed by atoms with Gasteiger partial charge in [0, 0.05) is 68.2 Å². The van der Waals surface area contributed by atoms with E-state index < -0.39 is 0 Å². The van der Waals surface area contributed by atoms with Gasteiger partial charge in [0.25, 0.3) is 0 Å². The Morgan fingerprint density at radius 2 is 2.00 bits per heavy atom. The standard InChI is InChI=1S/C12H23IN4O/c1-15-5-7-16(8-6-15)10-12(18)14-11-3-2-4-17(13)9-11/h11H,2-10H2,1H3,(H,14,18). The summed E-state index contributed by atoms with van der Waals surface area (Å²) in [6.45, 7) is 6.84. The summed E-state index contributed by atoms with van der Waals surface area (Å²) in [6, 6.07) is 0.343. The molecule has 2 saturated heterocycles. The van der Waals surface area contributed by atoms with Gasteiger partial charge in [-0.05, 0) is 19.9 Å². The second kappa shape index (κ2) is 7.02. The number of amides is 1. The van der Waals surface area contributed by atoms with Crippen molar-refractivity contribution in [2.45, 2.75) is 18.9 Å². The van der Waals surface area contributed by atoms with Crippen LogP contribution in [0.3, 0.4) is 0 Å². The number of halogens is 1. The highest BCUT2D eigenvalue weighted by atomic mass is 127. The van der Waals surface area contributed by atoms with Crippen molar-refractivity contribution in [3.63, 3.8) is 0 Å². The molecule has 2 rings (SSSR count). The van der Waals surface area contributed by atoms with Crippen LogP contribution in [0.25, 0.3) is 0 Å². The van der Waals surface area contributed by atoms with Crippen LogP contribution in [-0.2, 0) is 4.79 Å². The number of piperidine rings is 1. The molecular formula is C12H23IN4O. The predicted octanol–water partition coefficient (Wildman–Crippen LogP) is 0.164. The molecule has 1 N–H and O–H groups in total. The first-order valence-corrected chi connectivity index (χ1v) is 7.71. The third-order valence-corrected chi connectivity index (χ3v) is 4.58. The summed E-state index contributed by atoms with van der Waals surface area (Å²) in [7, 11) is 2.13. The molecule has 2 fully saturated rings. The van der Waals surface area contributed by atoms with Gasteiger partial charge >= 0.3 is 0 Å². The molecule has 0 aliphatic carbocycles. The molecule has 0 aromatic carbocycles. The average Bonchev–Trinajstić information content (AvgIpc) is 2.32. The third kappa shape index (κ3) is 4.64. The van der Waals surface area contributed by atoms with Crippen LogP contribution in [0.5, 0.6) is 0 Å². The SMILES string of the molecule is CN1CCN(CC(=O)NC2CCCN(I)C2)CC1. The van der Waals surface area contributed by atoms with E-state index in [0.29, 0.717) is 12.6 Å². The Balaban J connectivity index is 1.68. The number of nitrogens with zero attached hydrogens (tertiary/aromatic N) is 3. The topological polar surface area (TPSA) is 38.8 Å². The number of likely N-dealkylation sites (N-methyl/N-ethyl adjacent to an activating group) is 1. The quantitative estimate of drug-likeness (QED) is 0.571. The summed E-state index contributed by atoms with van der Waals surface area (Å²) in [5.41, 5.74) is 0. The number of carbonyl (C=O) groups is 1. The predicted molar refractivity (Wildman–Crippen MR) is 80.7 cm³/mol. The van der Waals surface area contributed by atoms with E-state index >= 15 is 0 Å². The van der Waals surface area contributed by atoms with E-state index in [-0.39, 0.29) is 5.91 Å². The molecule has 6 heteroatoms. The van der Waals surface area contributed by atoms with Gasteiger partial charge in [0.1, 0.15) is 0 Å². The Morgan fingerprint density at radius 3 is 2.67 bits per heavy atom. The third-order valence-electron chi connectivity index (χ3n) is 3.70. The lowest BCUT2D eigenvalue weighted by Crippen LogP contribution is -2.51. The molecule has 0 spiro atoms. The van der Waals surface area contributed by atoms with Crippen LogP contribution in [0.1, 0.15) is 12.8 Å². The Kier molecular flexibility index (Phi) is 5.65. The molecule has 0 aromatic rings. The summed E-state index contributed by atoms with van der Waals surface area (Å²) in [4.78, 5) is 16.5. The van der Waals surface area contributed by atoms with Crippen LogP contribution in [0.4, 0.5) is 0 Å². The van der Waals surface area contributed by atoms with E-state index in [4.69, 9.17) is 0 Å². The summed E-state index contributed by atoms with van der Waals surface area (Å²) in [5.74, 6) is 0.191. The van der Waals surface area contributed by atoms with Crippen LogP contribution in [0.2, 0.25) is 0 Å². The van der Waals surface area contributed by atoms with Gasteiger partial charge in [0.05, 0.1) is 6.54 Å². The number of nitrogens with one attached hydrogen (secondary N) is 1. The summed E-state index contributed by atoms with van der Waals surface area (Å²) >= 11 is 2.34. The maximum absolute atomic E-state index is 12.0. The van der Waals surface area contributed by atoms with Gasteiger partial charge in [0.2, 0.25) is 5.91 Å². The Bertz CT molecular complexity index is 281. The summed E-state index contributed by atoms with van der Waals surface area (Å²) in [6.07, 6.45) is 2.30. The number of hydrogen-bond donors (Lipinski definition) is 1. The van der Waals surface area contributed by atoms with E-state index in [1.165, 1.54) is 6.42 Å². The van der Waals surface area contributed by atoms with Gasteiger partial charge in [-0.3, -0.25) is 9.69 Å². The van der Waals surface area contributed by atoms with Crippen molar-refractivity contribution < 1.29 is 4.79 Å². The summed E-state index contributed by atoms with van der Waals surface area (Å²) in [5, 5.41) is 3.17. The van der Waals surface area contributed by atoms with Crippen molar-refractivity contribution in [1.29, 1.82) is 0 Å². The molecule has 5 nitrogen and oxygen atoms in total. The van der Waals surface area contributed by atoms with Crippen LogP contribution < -0.4 is 5.32 Å². The Morgan fingerprint density at radius 1 is 1.28 bits per heavy atom. The smallest absolute Gasteiger partial charge is 0.234 e. The number of carbonyl (C=O) groups excluding carboxylic acids is 1. The highest BCUT2D eigenvalue weighted by Gasteiger charge is 2.21. The zero-order valence-corrected chi connectivity index (χ0v) is 13.2. The minimum atomic E-state index is 0.191. The van der Waals surface area contributed by atoms with E-state index in [2.05, 4.69) is 48.1 Å². The van der Waals surface area contributed by atoms with E-state index in [9.17, 15) is 4.79 Å². The normalized spacial score (nSPS) is 28.2. The molecule has 2 aliphatic rings. The van der Waals surface area contributed by atoms with Gasteiger partial charge < -0.3 is 10.2 Å². The largest absolute Gasteiger partial charge is 0.351 e. The lowest BCUT2D eigenvalue weighted by atomic mass is 10.1. The molecule has 1 unspecified atom stereocenters. The molecular weight excluding hydrogens is 343 g/mol. The first-order valence-electron chi connectivity index (χ1n) is 6.74. The van der Waals surface area contributed by atoms with Crippen molar-refractivity contribution in [2.75, 3.05) is 52.9 Å². The molecule has 0 bridgehead atoms. The van der Waals surface area contributed by atoms with Crippen LogP contribution >= 0.6 is 22.9 Å². The fourth-order valence-corrected chi connectivity index (χ4v) is 3.35. The second-order valence-electron chi connectivity index (χ2n) is 5.35. The van der Waals surface area contributed by atoms with Crippen LogP contribution in [-0.4, -0.2) is 77.7 Å². The van der Waals surface area contributed by atoms with Crippen molar-refractivity contribution in [2.24, 2.45) is 0 Å². The maximum Gasteiger partial charge on any atom is 0.234 e. The van der Waals surface area contributed by atoms with E-state index in [1.807, 2.05) is 0 Å². The van der Waals surface area contributed by atoms with Crippen molar-refractivity contribution in [3.8, 4) is 0 Å². The van der Waals surface area contributed by atoms with Crippen molar-refractivity contribution in [3.05, 3.63) is 0 Å². The lowest BCUT2D eigenvalue weighted by molar-refractivity contribution is -0.123. The van der Waals surface area contributed by atoms with E-state index in [0.717, 1.165) is 45.7 Å². The second-order valence-corrected chi connectivity index (χ2v) is 6.72. The molecule has 0 radical (unpaired) electrons. The van der Waals surface area contributed by atoms with Gasteiger partial charge in [-0.15, -0.1) is 0 Å². The molecule has 2 aliphatic heterocycles. The van der Waals surface area contributed by atoms with Gasteiger partial charge in [-0.25, -0.2) is 3.11 Å². The molecule has 1 atom stereocenters. The monoisotopic (exact) mass is 366 g/mol. The number of piperazine rings is 1. The molecule has 0 saturated carbocycles. The fraction of sp³-hybridized carbons (Fsp3) is 0.917. The molecule has 2 heterocycles. The van der Waals surface area contributed by atoms with Gasteiger partial charge in [-0.1, -0.05) is 0 Å². The average molecular weight is 366 g/mol. The zero-order chi connectivity index (χ0) is 13.0. The van der Waals surface area contributed by atoms with E-state index in [1.54, 1.807) is 0 Å². The molecule has 1 amide bonds. The highest BCUT2D eigenvalue weighted by Crippen LogP contribution is 2.13. The van der Waals surface area contributed by atoms with Crippen LogP contribution in [0, 0.1) is 0 Å². The molecule has 104 valence electrons. The minimum absolute atomic E-state index is 0.191. The Labute approximate surface area is 123 Å². The fourth-order valence-electron chi connectivity index (χ4n) is 2.53. The van der Waals surface area contributed by atoms with Gasteiger partial charge in [-0.2, -0.15) is 0 Å².